The van der Waals surface area contributed by atoms with E-state index in [0.29, 0.717) is 24.3 Å². The smallest absolute Gasteiger partial charge is 0.261 e. The van der Waals surface area contributed by atoms with Crippen molar-refractivity contribution < 1.29 is 17.9 Å². The summed E-state index contributed by atoms with van der Waals surface area (Å²) in [6.45, 7) is 6.36. The lowest BCUT2D eigenvalue weighted by molar-refractivity contribution is 0.0889. The number of carbonyl (C=O) groups excluding carboxylic acids is 1. The number of rotatable bonds is 3. The van der Waals surface area contributed by atoms with Gasteiger partial charge < -0.3 is 10.1 Å². The van der Waals surface area contributed by atoms with Gasteiger partial charge in [-0.3, -0.25) is 4.79 Å². The van der Waals surface area contributed by atoms with Crippen LogP contribution in [-0.4, -0.2) is 33.1 Å². The molecule has 1 aliphatic heterocycles. The van der Waals surface area contributed by atoms with Crippen LogP contribution in [0.1, 0.15) is 34.8 Å². The molecule has 0 radical (unpaired) electrons. The van der Waals surface area contributed by atoms with Crippen LogP contribution in [-0.2, 0) is 13.8 Å². The number of nitrogens with one attached hydrogen (secondary N) is 1. The van der Waals surface area contributed by atoms with Crippen molar-refractivity contribution in [2.24, 2.45) is 0 Å². The Morgan fingerprint density at radius 3 is 2.57 bits per heavy atom. The highest BCUT2D eigenvalue weighted by Crippen LogP contribution is 2.25. The predicted molar refractivity (Wildman–Crippen MR) is 80.3 cm³/mol. The van der Waals surface area contributed by atoms with Gasteiger partial charge in [-0.05, 0) is 50.5 Å². The van der Waals surface area contributed by atoms with E-state index in [2.05, 4.69) is 5.32 Å². The molecular formula is C14H18ClNO4S. The number of benzene rings is 1. The monoisotopic (exact) mass is 331 g/mol. The normalized spacial score (nSPS) is 22.3. The summed E-state index contributed by atoms with van der Waals surface area (Å²) >= 11 is 0. The third-order valence-corrected chi connectivity index (χ3v) is 5.23. The minimum Gasteiger partial charge on any atom is -0.379 e. The molecule has 0 bridgehead atoms. The molecule has 1 unspecified atom stereocenters. The summed E-state index contributed by atoms with van der Waals surface area (Å²) in [7, 11) is 1.54. The van der Waals surface area contributed by atoms with Crippen LogP contribution in [0.25, 0.3) is 0 Å². The minimum atomic E-state index is -3.89. The molecule has 7 heteroatoms. The minimum absolute atomic E-state index is 0.0258. The molecule has 0 aromatic heterocycles. The highest BCUT2D eigenvalue weighted by Gasteiger charge is 2.32. The lowest BCUT2D eigenvalue weighted by Gasteiger charge is -2.24. The SMILES string of the molecule is Cc1cc(C(=O)NC2(C)CCOC2)cc(S(=O)(=O)Cl)c1C. The lowest BCUT2D eigenvalue weighted by atomic mass is 10.00. The fraction of sp³-hybridized carbons (Fsp3) is 0.500. The van der Waals surface area contributed by atoms with E-state index in [-0.39, 0.29) is 16.4 Å². The van der Waals surface area contributed by atoms with E-state index in [1.165, 1.54) is 6.07 Å². The molecule has 5 nitrogen and oxygen atoms in total. The second kappa shape index (κ2) is 5.59. The largest absolute Gasteiger partial charge is 0.379 e. The summed E-state index contributed by atoms with van der Waals surface area (Å²) in [5.41, 5.74) is 1.12. The first-order valence-electron chi connectivity index (χ1n) is 6.59. The molecule has 1 aromatic carbocycles. The molecule has 1 N–H and O–H groups in total. The molecule has 0 aliphatic carbocycles. The van der Waals surface area contributed by atoms with Crippen molar-refractivity contribution in [3.63, 3.8) is 0 Å². The summed E-state index contributed by atoms with van der Waals surface area (Å²) in [5, 5.41) is 2.90. The molecule has 1 heterocycles. The number of amides is 1. The van der Waals surface area contributed by atoms with Gasteiger partial charge in [0.25, 0.3) is 15.0 Å². The van der Waals surface area contributed by atoms with E-state index in [1.807, 2.05) is 6.92 Å². The molecule has 1 amide bonds. The molecule has 1 aromatic rings. The Balaban J connectivity index is 2.36. The maximum Gasteiger partial charge on any atom is 0.261 e. The number of ether oxygens (including phenoxy) is 1. The maximum absolute atomic E-state index is 12.3. The van der Waals surface area contributed by atoms with Crippen molar-refractivity contribution >= 4 is 25.6 Å². The Kier molecular flexibility index (Phi) is 4.33. The van der Waals surface area contributed by atoms with Gasteiger partial charge in [0.1, 0.15) is 0 Å². The summed E-state index contributed by atoms with van der Waals surface area (Å²) < 4.78 is 28.5. The molecule has 1 aliphatic rings. The third kappa shape index (κ3) is 3.56. The van der Waals surface area contributed by atoms with Crippen LogP contribution in [0, 0.1) is 13.8 Å². The lowest BCUT2D eigenvalue weighted by Crippen LogP contribution is -2.46. The van der Waals surface area contributed by atoms with Gasteiger partial charge >= 0.3 is 0 Å². The Hall–Kier alpha value is -1.11. The van der Waals surface area contributed by atoms with E-state index in [0.717, 1.165) is 6.42 Å². The van der Waals surface area contributed by atoms with Crippen LogP contribution in [0.3, 0.4) is 0 Å². The number of carbonyl (C=O) groups is 1. The van der Waals surface area contributed by atoms with Gasteiger partial charge in [-0.15, -0.1) is 0 Å². The fourth-order valence-corrected chi connectivity index (χ4v) is 3.60. The van der Waals surface area contributed by atoms with Crippen LogP contribution >= 0.6 is 10.7 Å². The molecule has 1 atom stereocenters. The predicted octanol–water partition coefficient (Wildman–Crippen LogP) is 2.14. The van der Waals surface area contributed by atoms with Crippen molar-refractivity contribution in [1.82, 2.24) is 5.32 Å². The highest BCUT2D eigenvalue weighted by molar-refractivity contribution is 8.13. The first-order valence-corrected chi connectivity index (χ1v) is 8.89. The van der Waals surface area contributed by atoms with Gasteiger partial charge in [0.2, 0.25) is 0 Å². The molecule has 0 spiro atoms. The second-order valence-electron chi connectivity index (χ2n) is 5.67. The van der Waals surface area contributed by atoms with Crippen LogP contribution in [0.2, 0.25) is 0 Å². The van der Waals surface area contributed by atoms with Crippen molar-refractivity contribution in [2.45, 2.75) is 37.6 Å². The number of aryl methyl sites for hydroxylation is 1. The van der Waals surface area contributed by atoms with E-state index in [4.69, 9.17) is 15.4 Å². The first kappa shape index (κ1) is 16.3. The zero-order chi connectivity index (χ0) is 15.8. The molecule has 116 valence electrons. The summed E-state index contributed by atoms with van der Waals surface area (Å²) in [4.78, 5) is 12.3. The van der Waals surface area contributed by atoms with Gasteiger partial charge in [0, 0.05) is 22.9 Å². The van der Waals surface area contributed by atoms with Crippen LogP contribution in [0.5, 0.6) is 0 Å². The summed E-state index contributed by atoms with van der Waals surface area (Å²) in [6, 6.07) is 2.98. The van der Waals surface area contributed by atoms with E-state index >= 15 is 0 Å². The Morgan fingerprint density at radius 1 is 1.38 bits per heavy atom. The van der Waals surface area contributed by atoms with E-state index < -0.39 is 14.6 Å². The molecule has 21 heavy (non-hydrogen) atoms. The van der Waals surface area contributed by atoms with Crippen LogP contribution in [0.4, 0.5) is 0 Å². The van der Waals surface area contributed by atoms with Crippen molar-refractivity contribution in [3.05, 3.63) is 28.8 Å². The summed E-state index contributed by atoms with van der Waals surface area (Å²) in [6.07, 6.45) is 0.726. The second-order valence-corrected chi connectivity index (χ2v) is 8.21. The van der Waals surface area contributed by atoms with Gasteiger partial charge in [-0.1, -0.05) is 0 Å². The first-order chi connectivity index (χ1) is 9.62. The molecular weight excluding hydrogens is 314 g/mol. The quantitative estimate of drug-likeness (QED) is 0.861. The Labute approximate surface area is 129 Å². The molecule has 2 rings (SSSR count). The Bertz CT molecular complexity index is 678. The van der Waals surface area contributed by atoms with Crippen molar-refractivity contribution in [2.75, 3.05) is 13.2 Å². The number of hydrogen-bond acceptors (Lipinski definition) is 4. The summed E-state index contributed by atoms with van der Waals surface area (Å²) in [5.74, 6) is -0.326. The van der Waals surface area contributed by atoms with E-state index in [9.17, 15) is 13.2 Å². The topological polar surface area (TPSA) is 72.5 Å². The fourth-order valence-electron chi connectivity index (χ4n) is 2.32. The van der Waals surface area contributed by atoms with E-state index in [1.54, 1.807) is 19.9 Å². The number of hydrogen-bond donors (Lipinski definition) is 1. The average Bonchev–Trinajstić information content (AvgIpc) is 2.77. The molecule has 0 saturated carbocycles. The van der Waals surface area contributed by atoms with Gasteiger partial charge in [-0.25, -0.2) is 8.42 Å². The zero-order valence-corrected chi connectivity index (χ0v) is 13.8. The number of halogens is 1. The molecule has 1 fully saturated rings. The maximum atomic E-state index is 12.3. The molecule has 1 saturated heterocycles. The third-order valence-electron chi connectivity index (χ3n) is 3.78. The van der Waals surface area contributed by atoms with Crippen LogP contribution < -0.4 is 5.32 Å². The zero-order valence-electron chi connectivity index (χ0n) is 12.2. The van der Waals surface area contributed by atoms with Crippen LogP contribution in [0.15, 0.2) is 17.0 Å². The van der Waals surface area contributed by atoms with Gasteiger partial charge in [0.05, 0.1) is 17.0 Å². The average molecular weight is 332 g/mol. The van der Waals surface area contributed by atoms with Crippen molar-refractivity contribution in [1.29, 1.82) is 0 Å². The Morgan fingerprint density at radius 2 is 2.05 bits per heavy atom. The van der Waals surface area contributed by atoms with Crippen molar-refractivity contribution in [3.8, 4) is 0 Å². The standard InChI is InChI=1S/C14H18ClNO4S/c1-9-6-11(7-12(10(9)2)21(15,18)19)13(17)16-14(3)4-5-20-8-14/h6-7H,4-5,8H2,1-3H3,(H,16,17). The van der Waals surface area contributed by atoms with Gasteiger partial charge in [0.15, 0.2) is 0 Å². The van der Waals surface area contributed by atoms with Gasteiger partial charge in [-0.2, -0.15) is 0 Å². The highest BCUT2D eigenvalue weighted by atomic mass is 35.7.